The summed E-state index contributed by atoms with van der Waals surface area (Å²) in [5.74, 6) is -0.147. The summed E-state index contributed by atoms with van der Waals surface area (Å²) < 4.78 is 0. The molecule has 2 aromatic rings. The van der Waals surface area contributed by atoms with Crippen molar-refractivity contribution in [2.75, 3.05) is 19.6 Å². The van der Waals surface area contributed by atoms with Crippen molar-refractivity contribution in [1.82, 2.24) is 9.80 Å². The molecule has 2 aromatic carbocycles. The second-order valence-corrected chi connectivity index (χ2v) is 6.89. The molecule has 0 aliphatic carbocycles. The molecule has 27 heavy (non-hydrogen) atoms. The first-order valence-corrected chi connectivity index (χ1v) is 9.56. The van der Waals surface area contributed by atoms with Crippen LogP contribution in [0.5, 0.6) is 0 Å². The van der Waals surface area contributed by atoms with E-state index in [0.717, 1.165) is 11.1 Å². The summed E-state index contributed by atoms with van der Waals surface area (Å²) in [6.45, 7) is 5.56. The normalized spacial score (nSPS) is 19.1. The predicted octanol–water partition coefficient (Wildman–Crippen LogP) is 2.76. The van der Waals surface area contributed by atoms with E-state index in [1.165, 1.54) is 0 Å². The zero-order chi connectivity index (χ0) is 19.4. The minimum Gasteiger partial charge on any atom is -0.341 e. The van der Waals surface area contributed by atoms with Gasteiger partial charge in [0.15, 0.2) is 0 Å². The van der Waals surface area contributed by atoms with Crippen molar-refractivity contribution in [3.8, 4) is 11.1 Å². The molecule has 1 aliphatic heterocycles. The number of benzene rings is 2. The fourth-order valence-corrected chi connectivity index (χ4v) is 3.77. The summed E-state index contributed by atoms with van der Waals surface area (Å²) in [6, 6.07) is 16.7. The number of amides is 2. The fourth-order valence-electron chi connectivity index (χ4n) is 3.77. The van der Waals surface area contributed by atoms with Crippen molar-refractivity contribution in [2.24, 2.45) is 5.73 Å². The van der Waals surface area contributed by atoms with Crippen LogP contribution in [0, 0.1) is 0 Å². The van der Waals surface area contributed by atoms with Gasteiger partial charge in [0.2, 0.25) is 5.91 Å². The molecule has 0 bridgehead atoms. The summed E-state index contributed by atoms with van der Waals surface area (Å²) in [5, 5.41) is 0. The van der Waals surface area contributed by atoms with Crippen LogP contribution in [0.1, 0.15) is 30.6 Å². The van der Waals surface area contributed by atoms with Crippen LogP contribution in [0.15, 0.2) is 54.6 Å². The second kappa shape index (κ2) is 8.35. The predicted molar refractivity (Wildman–Crippen MR) is 107 cm³/mol. The molecular weight excluding hydrogens is 338 g/mol. The van der Waals surface area contributed by atoms with Crippen molar-refractivity contribution in [3.05, 3.63) is 60.2 Å². The van der Waals surface area contributed by atoms with E-state index in [9.17, 15) is 9.59 Å². The van der Waals surface area contributed by atoms with Crippen LogP contribution in [0.2, 0.25) is 0 Å². The molecule has 0 saturated carbocycles. The SMILES string of the molecule is CCN(CC)C(=O)[C@@H]1C[C@H](N)CN1C(=O)c1ccccc1-c1ccccc1. The number of carbonyl (C=O) groups is 2. The van der Waals surface area contributed by atoms with Gasteiger partial charge >= 0.3 is 0 Å². The van der Waals surface area contributed by atoms with Gasteiger partial charge in [-0.2, -0.15) is 0 Å². The van der Waals surface area contributed by atoms with Crippen LogP contribution >= 0.6 is 0 Å². The molecule has 0 spiro atoms. The maximum atomic E-state index is 13.4. The van der Waals surface area contributed by atoms with Crippen molar-refractivity contribution >= 4 is 11.8 Å². The Morgan fingerprint density at radius 3 is 2.33 bits per heavy atom. The highest BCUT2D eigenvalue weighted by Crippen LogP contribution is 2.28. The molecule has 2 N–H and O–H groups in total. The molecule has 142 valence electrons. The van der Waals surface area contributed by atoms with Crippen molar-refractivity contribution in [1.29, 1.82) is 0 Å². The minimum absolute atomic E-state index is 0.0153. The standard InChI is InChI=1S/C22H27N3O2/c1-3-24(4-2)22(27)20-14-17(23)15-25(20)21(26)19-13-9-8-12-18(19)16-10-6-5-7-11-16/h5-13,17,20H,3-4,14-15,23H2,1-2H3/t17-,20-/m0/s1. The maximum Gasteiger partial charge on any atom is 0.255 e. The molecule has 2 atom stereocenters. The first-order chi connectivity index (χ1) is 13.1. The number of nitrogens with two attached hydrogens (primary N) is 1. The second-order valence-electron chi connectivity index (χ2n) is 6.89. The third-order valence-corrected chi connectivity index (χ3v) is 5.20. The van der Waals surface area contributed by atoms with E-state index in [1.807, 2.05) is 68.4 Å². The molecule has 5 heteroatoms. The van der Waals surface area contributed by atoms with E-state index in [4.69, 9.17) is 5.73 Å². The minimum atomic E-state index is -0.490. The van der Waals surface area contributed by atoms with Crippen LogP contribution in [0.4, 0.5) is 0 Å². The Balaban J connectivity index is 1.94. The molecule has 0 radical (unpaired) electrons. The summed E-state index contributed by atoms with van der Waals surface area (Å²) in [5.41, 5.74) is 8.60. The molecule has 0 aromatic heterocycles. The van der Waals surface area contributed by atoms with Gasteiger partial charge in [-0.1, -0.05) is 48.5 Å². The molecule has 0 unspecified atom stereocenters. The fraction of sp³-hybridized carbons (Fsp3) is 0.364. The average Bonchev–Trinajstić information content (AvgIpc) is 3.10. The first kappa shape index (κ1) is 19.1. The zero-order valence-corrected chi connectivity index (χ0v) is 16.0. The Hall–Kier alpha value is -2.66. The highest BCUT2D eigenvalue weighted by Gasteiger charge is 2.40. The van der Waals surface area contributed by atoms with E-state index in [2.05, 4.69) is 0 Å². The smallest absolute Gasteiger partial charge is 0.255 e. The number of rotatable bonds is 5. The Morgan fingerprint density at radius 1 is 1.04 bits per heavy atom. The average molecular weight is 365 g/mol. The van der Waals surface area contributed by atoms with Crippen LogP contribution < -0.4 is 5.73 Å². The van der Waals surface area contributed by atoms with Gasteiger partial charge in [0.25, 0.3) is 5.91 Å². The third-order valence-electron chi connectivity index (χ3n) is 5.20. The summed E-state index contributed by atoms with van der Waals surface area (Å²) in [7, 11) is 0. The highest BCUT2D eigenvalue weighted by atomic mass is 16.2. The third kappa shape index (κ3) is 3.88. The zero-order valence-electron chi connectivity index (χ0n) is 16.0. The van der Waals surface area contributed by atoms with E-state index >= 15 is 0 Å². The van der Waals surface area contributed by atoms with Gasteiger partial charge in [-0.15, -0.1) is 0 Å². The van der Waals surface area contributed by atoms with Gasteiger partial charge < -0.3 is 15.5 Å². The van der Waals surface area contributed by atoms with Gasteiger partial charge in [-0.25, -0.2) is 0 Å². The van der Waals surface area contributed by atoms with Crippen molar-refractivity contribution in [2.45, 2.75) is 32.4 Å². The monoisotopic (exact) mass is 365 g/mol. The number of likely N-dealkylation sites (N-methyl/N-ethyl adjacent to an activating group) is 1. The topological polar surface area (TPSA) is 66.6 Å². The Kier molecular flexibility index (Phi) is 5.91. The van der Waals surface area contributed by atoms with E-state index in [-0.39, 0.29) is 17.9 Å². The van der Waals surface area contributed by atoms with E-state index in [0.29, 0.717) is 31.6 Å². The van der Waals surface area contributed by atoms with Crippen molar-refractivity contribution in [3.63, 3.8) is 0 Å². The van der Waals surface area contributed by atoms with Gasteiger partial charge in [-0.05, 0) is 37.5 Å². The number of nitrogens with zero attached hydrogens (tertiary/aromatic N) is 2. The van der Waals surface area contributed by atoms with Gasteiger partial charge in [0.05, 0.1) is 0 Å². The molecule has 5 nitrogen and oxygen atoms in total. The van der Waals surface area contributed by atoms with Crippen LogP contribution in [-0.2, 0) is 4.79 Å². The van der Waals surface area contributed by atoms with E-state index < -0.39 is 6.04 Å². The van der Waals surface area contributed by atoms with E-state index in [1.54, 1.807) is 9.80 Å². The Bertz CT molecular complexity index is 802. The summed E-state index contributed by atoms with van der Waals surface area (Å²) in [4.78, 5) is 29.8. The number of likely N-dealkylation sites (tertiary alicyclic amines) is 1. The molecule has 2 amide bonds. The molecule has 1 aliphatic rings. The Labute approximate surface area is 160 Å². The lowest BCUT2D eigenvalue weighted by Crippen LogP contribution is -2.47. The Morgan fingerprint density at radius 2 is 1.67 bits per heavy atom. The maximum absolute atomic E-state index is 13.4. The van der Waals surface area contributed by atoms with Gasteiger partial charge in [0, 0.05) is 31.2 Å². The highest BCUT2D eigenvalue weighted by molar-refractivity contribution is 6.03. The largest absolute Gasteiger partial charge is 0.341 e. The lowest BCUT2D eigenvalue weighted by atomic mass is 9.98. The summed E-state index contributed by atoms with van der Waals surface area (Å²) >= 11 is 0. The van der Waals surface area contributed by atoms with Crippen LogP contribution in [0.3, 0.4) is 0 Å². The number of hydrogen-bond acceptors (Lipinski definition) is 3. The lowest BCUT2D eigenvalue weighted by molar-refractivity contribution is -0.134. The number of hydrogen-bond donors (Lipinski definition) is 1. The van der Waals surface area contributed by atoms with Gasteiger partial charge in [-0.3, -0.25) is 9.59 Å². The molecule has 1 heterocycles. The van der Waals surface area contributed by atoms with Crippen molar-refractivity contribution < 1.29 is 9.59 Å². The number of carbonyl (C=O) groups excluding carboxylic acids is 2. The first-order valence-electron chi connectivity index (χ1n) is 9.56. The van der Waals surface area contributed by atoms with Crippen LogP contribution in [0.25, 0.3) is 11.1 Å². The molecule has 1 saturated heterocycles. The lowest BCUT2D eigenvalue weighted by Gasteiger charge is -2.29. The summed E-state index contributed by atoms with van der Waals surface area (Å²) in [6.07, 6.45) is 0.509. The molecular formula is C22H27N3O2. The van der Waals surface area contributed by atoms with Gasteiger partial charge in [0.1, 0.15) is 6.04 Å². The van der Waals surface area contributed by atoms with Crippen LogP contribution in [-0.4, -0.2) is 53.3 Å². The quantitative estimate of drug-likeness (QED) is 0.886. The molecule has 3 rings (SSSR count). The molecule has 1 fully saturated rings.